The lowest BCUT2D eigenvalue weighted by molar-refractivity contribution is -0.130. The van der Waals surface area contributed by atoms with Crippen molar-refractivity contribution in [2.75, 3.05) is 13.1 Å². The molecule has 1 aromatic carbocycles. The van der Waals surface area contributed by atoms with E-state index in [0.29, 0.717) is 34.3 Å². The number of aromatic hydroxyl groups is 1. The van der Waals surface area contributed by atoms with E-state index in [0.717, 1.165) is 0 Å². The number of amides is 2. The van der Waals surface area contributed by atoms with Crippen molar-refractivity contribution in [1.82, 2.24) is 15.2 Å². The van der Waals surface area contributed by atoms with Crippen LogP contribution in [0.3, 0.4) is 0 Å². The molecule has 27 heavy (non-hydrogen) atoms. The van der Waals surface area contributed by atoms with Crippen molar-refractivity contribution >= 4 is 35.0 Å². The molecule has 0 spiro atoms. The maximum absolute atomic E-state index is 12.5. The van der Waals surface area contributed by atoms with Crippen LogP contribution >= 0.6 is 23.2 Å². The number of hydrogen-bond acceptors (Lipinski definition) is 4. The van der Waals surface area contributed by atoms with E-state index in [9.17, 15) is 14.7 Å². The Hall–Kier alpha value is -2.31. The zero-order valence-electron chi connectivity index (χ0n) is 14.2. The summed E-state index contributed by atoms with van der Waals surface area (Å²) in [5.41, 5.74) is 1.05. The molecule has 0 radical (unpaired) electrons. The Kier molecular flexibility index (Phi) is 4.70. The SMILES string of the molecule is O=C(NC1[C@H]2CN(C(=O)Cc3ccc(O)cc3Cl)C[C@@H]12)c1cnccc1Cl. The predicted molar refractivity (Wildman–Crippen MR) is 101 cm³/mol. The van der Waals surface area contributed by atoms with Gasteiger partial charge < -0.3 is 15.3 Å². The Morgan fingerprint density at radius 3 is 2.59 bits per heavy atom. The van der Waals surface area contributed by atoms with Gasteiger partial charge in [-0.3, -0.25) is 14.6 Å². The standard InChI is InChI=1S/C19H17Cl2N3O3/c20-15-3-4-22-7-12(15)19(27)23-18-13-8-24(9-14(13)18)17(26)5-10-1-2-11(25)6-16(10)21/h1-4,6-7,13-14,18,25H,5,8-9H2,(H,23,27)/t13-,14+,18?. The molecule has 1 aliphatic heterocycles. The quantitative estimate of drug-likeness (QED) is 0.818. The number of rotatable bonds is 4. The molecule has 2 amide bonds. The van der Waals surface area contributed by atoms with Crippen LogP contribution in [-0.2, 0) is 11.2 Å². The number of aromatic nitrogens is 1. The second-order valence-corrected chi connectivity index (χ2v) is 7.75. The van der Waals surface area contributed by atoms with Crippen molar-refractivity contribution in [3.8, 4) is 5.75 Å². The highest BCUT2D eigenvalue weighted by Crippen LogP contribution is 2.45. The second-order valence-electron chi connectivity index (χ2n) is 6.93. The van der Waals surface area contributed by atoms with Crippen molar-refractivity contribution in [2.45, 2.75) is 12.5 Å². The Balaban J connectivity index is 1.31. The molecule has 1 aromatic heterocycles. The highest BCUT2D eigenvalue weighted by molar-refractivity contribution is 6.33. The van der Waals surface area contributed by atoms with E-state index < -0.39 is 0 Å². The summed E-state index contributed by atoms with van der Waals surface area (Å²) >= 11 is 12.1. The molecule has 0 bridgehead atoms. The van der Waals surface area contributed by atoms with Gasteiger partial charge in [-0.15, -0.1) is 0 Å². The number of benzene rings is 1. The Bertz CT molecular complexity index is 909. The number of likely N-dealkylation sites (tertiary alicyclic amines) is 1. The van der Waals surface area contributed by atoms with Crippen LogP contribution in [0.15, 0.2) is 36.7 Å². The van der Waals surface area contributed by atoms with Crippen LogP contribution in [0, 0.1) is 11.8 Å². The van der Waals surface area contributed by atoms with Gasteiger partial charge in [0.15, 0.2) is 0 Å². The first kappa shape index (κ1) is 18.1. The lowest BCUT2D eigenvalue weighted by Crippen LogP contribution is -2.38. The molecule has 2 heterocycles. The van der Waals surface area contributed by atoms with Crippen LogP contribution in [0.25, 0.3) is 0 Å². The molecule has 3 atom stereocenters. The number of piperidine rings is 1. The molecule has 140 valence electrons. The highest BCUT2D eigenvalue weighted by atomic mass is 35.5. The fraction of sp³-hybridized carbons (Fsp3) is 0.316. The molecule has 1 unspecified atom stereocenters. The van der Waals surface area contributed by atoms with Crippen LogP contribution < -0.4 is 5.32 Å². The third kappa shape index (κ3) is 3.59. The number of phenols is 1. The normalized spacial score (nSPS) is 23.0. The molecule has 4 rings (SSSR count). The fourth-order valence-electron chi connectivity index (χ4n) is 3.67. The zero-order valence-corrected chi connectivity index (χ0v) is 15.7. The van der Waals surface area contributed by atoms with Gasteiger partial charge in [0.1, 0.15) is 5.75 Å². The molecule has 2 fully saturated rings. The maximum atomic E-state index is 12.5. The van der Waals surface area contributed by atoms with E-state index in [1.54, 1.807) is 17.0 Å². The van der Waals surface area contributed by atoms with E-state index in [4.69, 9.17) is 23.2 Å². The van der Waals surface area contributed by atoms with Gasteiger partial charge in [0, 0.05) is 48.4 Å². The minimum atomic E-state index is -0.235. The number of hydrogen-bond donors (Lipinski definition) is 2. The van der Waals surface area contributed by atoms with Crippen molar-refractivity contribution in [3.05, 3.63) is 57.8 Å². The molecule has 2 aliphatic rings. The van der Waals surface area contributed by atoms with Gasteiger partial charge in [0.2, 0.25) is 5.91 Å². The molecule has 8 heteroatoms. The number of nitrogens with zero attached hydrogens (tertiary/aromatic N) is 2. The van der Waals surface area contributed by atoms with Gasteiger partial charge in [-0.2, -0.15) is 0 Å². The first-order valence-electron chi connectivity index (χ1n) is 8.59. The minimum absolute atomic E-state index is 0.00447. The van der Waals surface area contributed by atoms with Crippen LogP contribution in [0.5, 0.6) is 5.75 Å². The van der Waals surface area contributed by atoms with Crippen molar-refractivity contribution in [2.24, 2.45) is 11.8 Å². The van der Waals surface area contributed by atoms with Gasteiger partial charge in [0.25, 0.3) is 5.91 Å². The third-order valence-corrected chi connectivity index (χ3v) is 5.92. The van der Waals surface area contributed by atoms with E-state index in [1.807, 2.05) is 0 Å². The summed E-state index contributed by atoms with van der Waals surface area (Å²) in [7, 11) is 0. The number of fused-ring (bicyclic) bond motifs is 1. The summed E-state index contributed by atoms with van der Waals surface area (Å²) in [6.45, 7) is 1.23. The first-order chi connectivity index (χ1) is 12.9. The molecule has 1 saturated carbocycles. The van der Waals surface area contributed by atoms with Crippen LogP contribution in [0.2, 0.25) is 10.0 Å². The number of pyridine rings is 1. The van der Waals surface area contributed by atoms with Crippen molar-refractivity contribution in [1.29, 1.82) is 0 Å². The zero-order chi connectivity index (χ0) is 19.1. The topological polar surface area (TPSA) is 82.5 Å². The highest BCUT2D eigenvalue weighted by Gasteiger charge is 2.57. The van der Waals surface area contributed by atoms with E-state index in [1.165, 1.54) is 24.5 Å². The molecular weight excluding hydrogens is 389 g/mol. The van der Waals surface area contributed by atoms with E-state index in [2.05, 4.69) is 10.3 Å². The number of nitrogens with one attached hydrogen (secondary N) is 1. The fourth-order valence-corrected chi connectivity index (χ4v) is 4.10. The summed E-state index contributed by atoms with van der Waals surface area (Å²) in [6.07, 6.45) is 3.18. The lowest BCUT2D eigenvalue weighted by atomic mass is 10.1. The molecular formula is C19H17Cl2N3O3. The van der Waals surface area contributed by atoms with Gasteiger partial charge in [-0.25, -0.2) is 0 Å². The summed E-state index contributed by atoms with van der Waals surface area (Å²) in [4.78, 5) is 30.6. The van der Waals surface area contributed by atoms with E-state index >= 15 is 0 Å². The number of carbonyl (C=O) groups is 2. The second kappa shape index (κ2) is 7.02. The monoisotopic (exact) mass is 405 g/mol. The summed E-state index contributed by atoms with van der Waals surface area (Å²) in [5.74, 6) is 0.370. The summed E-state index contributed by atoms with van der Waals surface area (Å²) < 4.78 is 0. The van der Waals surface area contributed by atoms with Crippen molar-refractivity contribution in [3.63, 3.8) is 0 Å². The Labute approximate surface area is 166 Å². The minimum Gasteiger partial charge on any atom is -0.508 e. The first-order valence-corrected chi connectivity index (χ1v) is 9.35. The number of carbonyl (C=O) groups excluding carboxylic acids is 2. The summed E-state index contributed by atoms with van der Waals surface area (Å²) in [5, 5.41) is 13.1. The van der Waals surface area contributed by atoms with Crippen LogP contribution in [0.4, 0.5) is 0 Å². The average molecular weight is 406 g/mol. The average Bonchev–Trinajstić information content (AvgIpc) is 3.07. The lowest BCUT2D eigenvalue weighted by Gasteiger charge is -2.20. The van der Waals surface area contributed by atoms with Gasteiger partial charge in [0.05, 0.1) is 17.0 Å². The smallest absolute Gasteiger partial charge is 0.254 e. The Morgan fingerprint density at radius 2 is 1.93 bits per heavy atom. The van der Waals surface area contributed by atoms with Gasteiger partial charge in [-0.1, -0.05) is 29.3 Å². The predicted octanol–water partition coefficient (Wildman–Crippen LogP) is 2.52. The molecule has 2 aromatic rings. The van der Waals surface area contributed by atoms with Crippen LogP contribution in [-0.4, -0.2) is 45.9 Å². The van der Waals surface area contributed by atoms with Gasteiger partial charge >= 0.3 is 0 Å². The Morgan fingerprint density at radius 1 is 1.19 bits per heavy atom. The maximum Gasteiger partial charge on any atom is 0.254 e. The molecule has 1 saturated heterocycles. The number of halogens is 2. The van der Waals surface area contributed by atoms with Gasteiger partial charge in [-0.05, 0) is 23.8 Å². The third-order valence-electron chi connectivity index (χ3n) is 5.24. The summed E-state index contributed by atoms with van der Waals surface area (Å²) in [6, 6.07) is 6.26. The molecule has 2 N–H and O–H groups in total. The van der Waals surface area contributed by atoms with Crippen molar-refractivity contribution < 1.29 is 14.7 Å². The molecule has 6 nitrogen and oxygen atoms in total. The van der Waals surface area contributed by atoms with E-state index in [-0.39, 0.29) is 41.9 Å². The molecule has 1 aliphatic carbocycles. The van der Waals surface area contributed by atoms with Crippen LogP contribution in [0.1, 0.15) is 15.9 Å². The number of phenolic OH excluding ortho intramolecular Hbond substituents is 1. The largest absolute Gasteiger partial charge is 0.508 e.